The van der Waals surface area contributed by atoms with E-state index in [4.69, 9.17) is 16.5 Å². The van der Waals surface area contributed by atoms with Crippen molar-refractivity contribution in [2.45, 2.75) is 45.2 Å². The van der Waals surface area contributed by atoms with Gasteiger partial charge in [-0.1, -0.05) is 13.0 Å². The second kappa shape index (κ2) is 8.22. The van der Waals surface area contributed by atoms with Gasteiger partial charge in [-0.2, -0.15) is 0 Å². The summed E-state index contributed by atoms with van der Waals surface area (Å²) in [5.74, 6) is 0.701. The van der Waals surface area contributed by atoms with Crippen molar-refractivity contribution >= 4 is 39.0 Å². The third-order valence-electron chi connectivity index (χ3n) is 7.02. The molecule has 1 fully saturated rings. The lowest BCUT2D eigenvalue weighted by Gasteiger charge is -2.27. The molecule has 0 unspecified atom stereocenters. The lowest BCUT2D eigenvalue weighted by molar-refractivity contribution is 0.0938. The summed E-state index contributed by atoms with van der Waals surface area (Å²) >= 11 is 1.34. The topological polar surface area (TPSA) is 110 Å². The van der Waals surface area contributed by atoms with Crippen LogP contribution in [0.25, 0.3) is 10.2 Å². The fourth-order valence-electron chi connectivity index (χ4n) is 4.80. The smallest absolute Gasteiger partial charge is 0.263 e. The second-order valence-corrected chi connectivity index (χ2v) is 10.6. The van der Waals surface area contributed by atoms with E-state index in [0.29, 0.717) is 23.7 Å². The maximum atomic E-state index is 13.5. The van der Waals surface area contributed by atoms with Crippen LogP contribution in [0.2, 0.25) is 0 Å². The molecule has 3 aromatic rings. The van der Waals surface area contributed by atoms with Gasteiger partial charge in [0.15, 0.2) is 0 Å². The number of alkyl halides is 1. The molecule has 0 radical (unpaired) electrons. The summed E-state index contributed by atoms with van der Waals surface area (Å²) < 4.78 is 13.5. The minimum atomic E-state index is -0.532. The van der Waals surface area contributed by atoms with Gasteiger partial charge in [0, 0.05) is 47.4 Å². The summed E-state index contributed by atoms with van der Waals surface area (Å²) in [6.45, 7) is 4.56. The average Bonchev–Trinajstić information content (AvgIpc) is 3.29. The van der Waals surface area contributed by atoms with Crippen LogP contribution in [0.5, 0.6) is 0 Å². The normalized spacial score (nSPS) is 24.8. The Morgan fingerprint density at radius 1 is 1.33 bits per heavy atom. The number of aromatic nitrogens is 2. The summed E-state index contributed by atoms with van der Waals surface area (Å²) in [5, 5.41) is 3.98. The number of nitrogens with zero attached hydrogens (tertiary/aromatic N) is 3. The number of nitrogen functional groups attached to an aromatic ring is 1. The Kier molecular flexibility index (Phi) is 5.49. The van der Waals surface area contributed by atoms with Crippen molar-refractivity contribution < 1.29 is 9.18 Å². The summed E-state index contributed by atoms with van der Waals surface area (Å²) in [7, 11) is 0. The number of amides is 1. The third-order valence-corrected chi connectivity index (χ3v) is 8.13. The highest BCUT2D eigenvalue weighted by atomic mass is 32.1. The van der Waals surface area contributed by atoms with Gasteiger partial charge in [-0.05, 0) is 49.9 Å². The molecule has 3 aromatic heterocycles. The predicted molar refractivity (Wildman–Crippen MR) is 131 cm³/mol. The number of anilines is 2. The highest BCUT2D eigenvalue weighted by molar-refractivity contribution is 7.21. The van der Waals surface area contributed by atoms with Crippen LogP contribution in [0.15, 0.2) is 24.3 Å². The van der Waals surface area contributed by atoms with Gasteiger partial charge in [0.25, 0.3) is 5.91 Å². The van der Waals surface area contributed by atoms with Crippen molar-refractivity contribution in [1.29, 1.82) is 0 Å². The number of aryl methyl sites for hydroxylation is 2. The van der Waals surface area contributed by atoms with Gasteiger partial charge in [-0.15, -0.1) is 11.3 Å². The first-order chi connectivity index (χ1) is 15.8. The summed E-state index contributed by atoms with van der Waals surface area (Å²) in [5.41, 5.74) is 15.5. The second-order valence-electron chi connectivity index (χ2n) is 9.61. The van der Waals surface area contributed by atoms with E-state index >= 15 is 0 Å². The third kappa shape index (κ3) is 3.93. The maximum Gasteiger partial charge on any atom is 0.263 e. The molecule has 5 rings (SSSR count). The average molecular weight is 469 g/mol. The van der Waals surface area contributed by atoms with Gasteiger partial charge in [-0.25, -0.2) is 9.97 Å². The van der Waals surface area contributed by atoms with Gasteiger partial charge in [0.1, 0.15) is 15.5 Å². The number of rotatable bonds is 4. The monoisotopic (exact) mass is 468 g/mol. The molecule has 4 heterocycles. The summed E-state index contributed by atoms with van der Waals surface area (Å²) in [6.07, 6.45) is 2.30. The fraction of sp³-hybridized carbons (Fsp3) is 0.458. The number of carbonyl (C=O) groups is 1. The lowest BCUT2D eigenvalue weighted by Crippen LogP contribution is -2.39. The number of carbonyl (C=O) groups excluding carboxylic acids is 1. The van der Waals surface area contributed by atoms with Crippen LogP contribution in [0, 0.1) is 12.3 Å². The zero-order chi connectivity index (χ0) is 23.3. The number of hydrogen-bond donors (Lipinski definition) is 3. The van der Waals surface area contributed by atoms with Crippen LogP contribution < -0.4 is 21.7 Å². The SMILES string of the molecule is Cc1ccc2c(N)c(C(=O)N[C@H]3CCc4nc(N5C[C@@H](N)[C@](C)(CF)C5)ccc4C3)sc2n1. The first kappa shape index (κ1) is 22.0. The molecule has 0 bridgehead atoms. The molecule has 2 aliphatic rings. The van der Waals surface area contributed by atoms with Gasteiger partial charge < -0.3 is 21.7 Å². The van der Waals surface area contributed by atoms with E-state index in [2.05, 4.69) is 21.3 Å². The van der Waals surface area contributed by atoms with E-state index in [1.165, 1.54) is 11.3 Å². The number of nitrogens with one attached hydrogen (secondary N) is 1. The summed E-state index contributed by atoms with van der Waals surface area (Å²) in [6, 6.07) is 7.70. The van der Waals surface area contributed by atoms with Gasteiger partial charge >= 0.3 is 0 Å². The Hall–Kier alpha value is -2.78. The molecule has 3 atom stereocenters. The Morgan fingerprint density at radius 2 is 2.15 bits per heavy atom. The van der Waals surface area contributed by atoms with Crippen molar-refractivity contribution in [1.82, 2.24) is 15.3 Å². The van der Waals surface area contributed by atoms with Crippen LogP contribution in [0.3, 0.4) is 0 Å². The minimum Gasteiger partial charge on any atom is -0.397 e. The van der Waals surface area contributed by atoms with Gasteiger partial charge in [-0.3, -0.25) is 9.18 Å². The molecular weight excluding hydrogens is 439 g/mol. The van der Waals surface area contributed by atoms with Crippen LogP contribution in [-0.4, -0.2) is 47.7 Å². The number of hydrogen-bond acceptors (Lipinski definition) is 7. The predicted octanol–water partition coefficient (Wildman–Crippen LogP) is 2.99. The zero-order valence-electron chi connectivity index (χ0n) is 18.9. The first-order valence-electron chi connectivity index (χ1n) is 11.3. The van der Waals surface area contributed by atoms with Crippen LogP contribution >= 0.6 is 11.3 Å². The van der Waals surface area contributed by atoms with E-state index < -0.39 is 12.1 Å². The fourth-order valence-corrected chi connectivity index (χ4v) is 5.84. The molecule has 5 N–H and O–H groups in total. The Bertz CT molecular complexity index is 1230. The lowest BCUT2D eigenvalue weighted by atomic mass is 9.87. The molecule has 9 heteroatoms. The molecule has 174 valence electrons. The van der Waals surface area contributed by atoms with Crippen LogP contribution in [0.1, 0.15) is 40.0 Å². The Morgan fingerprint density at radius 3 is 2.91 bits per heavy atom. The molecule has 7 nitrogen and oxygen atoms in total. The van der Waals surface area contributed by atoms with E-state index in [9.17, 15) is 9.18 Å². The number of nitrogens with two attached hydrogens (primary N) is 2. The van der Waals surface area contributed by atoms with Crippen molar-refractivity contribution in [3.63, 3.8) is 0 Å². The molecule has 1 saturated heterocycles. The molecule has 0 aromatic carbocycles. The van der Waals surface area contributed by atoms with Crippen LogP contribution in [0.4, 0.5) is 15.9 Å². The van der Waals surface area contributed by atoms with Gasteiger partial charge in [0.05, 0.1) is 12.4 Å². The zero-order valence-corrected chi connectivity index (χ0v) is 19.7. The number of pyridine rings is 2. The van der Waals surface area contributed by atoms with E-state index in [1.54, 1.807) is 0 Å². The number of thiophene rings is 1. The molecule has 1 aliphatic carbocycles. The minimum absolute atomic E-state index is 0.0204. The number of fused-ring (bicyclic) bond motifs is 2. The maximum absolute atomic E-state index is 13.5. The first-order valence-corrected chi connectivity index (χ1v) is 12.1. The quantitative estimate of drug-likeness (QED) is 0.543. The van der Waals surface area contributed by atoms with E-state index in [1.807, 2.05) is 32.0 Å². The highest BCUT2D eigenvalue weighted by Crippen LogP contribution is 2.34. The standard InChI is InChI=1S/C24H29FN6OS/c1-13-3-6-16-20(27)21(33-23(16)28-13)22(32)29-15-5-7-17-14(9-15)4-8-19(30-17)31-10-18(26)24(2,11-25)12-31/h3-4,6,8,15,18H,5,7,9-12,26-27H2,1-2H3,(H,29,32)/t15-,18+,24+/m0/s1. The largest absolute Gasteiger partial charge is 0.397 e. The van der Waals surface area contributed by atoms with Crippen molar-refractivity contribution in [3.8, 4) is 0 Å². The highest BCUT2D eigenvalue weighted by Gasteiger charge is 2.41. The van der Waals surface area contributed by atoms with E-state index in [-0.39, 0.29) is 18.0 Å². The molecule has 0 spiro atoms. The van der Waals surface area contributed by atoms with Gasteiger partial charge in [0.2, 0.25) is 0 Å². The van der Waals surface area contributed by atoms with Crippen molar-refractivity contribution in [2.75, 3.05) is 30.4 Å². The molecule has 0 saturated carbocycles. The van der Waals surface area contributed by atoms with Crippen LogP contribution in [-0.2, 0) is 12.8 Å². The summed E-state index contributed by atoms with van der Waals surface area (Å²) in [4.78, 5) is 25.7. The van der Waals surface area contributed by atoms with Crippen molar-refractivity contribution in [3.05, 3.63) is 46.1 Å². The number of halogens is 1. The molecule has 33 heavy (non-hydrogen) atoms. The molecule has 1 aliphatic heterocycles. The van der Waals surface area contributed by atoms with E-state index in [0.717, 1.165) is 52.2 Å². The Labute approximate surface area is 196 Å². The Balaban J connectivity index is 1.28. The molecular formula is C24H29FN6OS. The van der Waals surface area contributed by atoms with Crippen molar-refractivity contribution in [2.24, 2.45) is 11.1 Å². The molecule has 1 amide bonds.